The average molecular weight is 705 g/mol. The van der Waals surface area contributed by atoms with Crippen molar-refractivity contribution in [1.29, 1.82) is 0 Å². The van der Waals surface area contributed by atoms with Crippen molar-refractivity contribution in [3.8, 4) is 5.69 Å². The van der Waals surface area contributed by atoms with E-state index in [-0.39, 0.29) is 42.5 Å². The van der Waals surface area contributed by atoms with E-state index in [2.05, 4.69) is 43.1 Å². The molecule has 0 bridgehead atoms. The second kappa shape index (κ2) is 15.7. The van der Waals surface area contributed by atoms with E-state index < -0.39 is 29.4 Å². The number of aliphatic imine (C=N–C) groups is 2. The van der Waals surface area contributed by atoms with Crippen molar-refractivity contribution in [3.63, 3.8) is 0 Å². The minimum Gasteiger partial charge on any atom is -0.391 e. The highest BCUT2D eigenvalue weighted by Gasteiger charge is 2.45. The first kappa shape index (κ1) is 36.1. The summed E-state index contributed by atoms with van der Waals surface area (Å²) in [5, 5.41) is 14.5. The summed E-state index contributed by atoms with van der Waals surface area (Å²) in [6, 6.07) is 11.0. The van der Waals surface area contributed by atoms with Gasteiger partial charge in [-0.1, -0.05) is 32.1 Å². The summed E-state index contributed by atoms with van der Waals surface area (Å²) in [6.07, 6.45) is 10.1. The number of halogens is 2. The Morgan fingerprint density at radius 2 is 1.82 bits per heavy atom. The highest BCUT2D eigenvalue weighted by atomic mass is 19.1. The average Bonchev–Trinajstić information content (AvgIpc) is 3.70. The van der Waals surface area contributed by atoms with Gasteiger partial charge in [-0.25, -0.2) is 27.8 Å². The fraction of sp³-hybridized carbons (Fsp3) is 0.459. The Bertz CT molecular complexity index is 1820. The quantitative estimate of drug-likeness (QED) is 0.214. The number of allylic oxidation sites excluding steroid dienone is 1. The number of benzene rings is 2. The molecule has 272 valence electrons. The zero-order chi connectivity index (χ0) is 36.1. The summed E-state index contributed by atoms with van der Waals surface area (Å²) in [7, 11) is 0. The van der Waals surface area contributed by atoms with Gasteiger partial charge in [0.25, 0.3) is 0 Å². The SMILES string of the molecule is CC(C)C(C(C)O)n1ncn(-c2ccc(N3CCN(C4=CCC(OC5CO[C@](CN=CN=CN)(c6ccc(F)cc6F)C5)C=C4)CC3)cc2)c1=O. The molecule has 14 heteroatoms. The molecule has 51 heavy (non-hydrogen) atoms. The predicted octanol–water partition coefficient (Wildman–Crippen LogP) is 3.94. The standard InChI is InChI=1S/C37H46F2N8O4/c1-25(2)35(26(3)48)47-36(49)46(24-43-47)30-7-5-28(6-8-30)44-14-16-45(17-15-44)29-9-11-31(12-10-29)51-32-19-37(50-20-32,21-41-23-42-22-40)33-13-4-27(38)18-34(33)39/h4-11,13,18,22-26,31-32,35,48H,12,14-17,19-21H2,1-3H3,(H2,40,41,42)/t26?,31?,32?,35?,37-/m1/s1. The van der Waals surface area contributed by atoms with Gasteiger partial charge in [0.1, 0.15) is 29.9 Å². The topological polar surface area (TPSA) is 136 Å². The van der Waals surface area contributed by atoms with Crippen LogP contribution in [0.4, 0.5) is 14.5 Å². The molecule has 1 aliphatic carbocycles. The highest BCUT2D eigenvalue weighted by molar-refractivity contribution is 5.69. The minimum absolute atomic E-state index is 0.0485. The molecule has 3 aliphatic rings. The lowest BCUT2D eigenvalue weighted by molar-refractivity contribution is -0.0117. The number of hydrogen-bond donors (Lipinski definition) is 2. The molecule has 3 heterocycles. The van der Waals surface area contributed by atoms with Crippen LogP contribution in [0.2, 0.25) is 0 Å². The predicted molar refractivity (Wildman–Crippen MR) is 192 cm³/mol. The third-order valence-corrected chi connectivity index (χ3v) is 9.81. The van der Waals surface area contributed by atoms with Crippen LogP contribution >= 0.6 is 0 Å². The number of anilines is 1. The van der Waals surface area contributed by atoms with Gasteiger partial charge in [-0.05, 0) is 55.7 Å². The van der Waals surface area contributed by atoms with Crippen molar-refractivity contribution in [1.82, 2.24) is 19.2 Å². The molecule has 2 saturated heterocycles. The molecule has 3 aromatic rings. The molecule has 2 aliphatic heterocycles. The summed E-state index contributed by atoms with van der Waals surface area (Å²) < 4.78 is 44.0. The summed E-state index contributed by atoms with van der Waals surface area (Å²) >= 11 is 0. The number of nitrogens with two attached hydrogens (primary N) is 1. The molecule has 2 fully saturated rings. The molecule has 0 amide bonds. The van der Waals surface area contributed by atoms with E-state index in [1.807, 2.05) is 38.1 Å². The van der Waals surface area contributed by atoms with Crippen molar-refractivity contribution < 1.29 is 23.4 Å². The van der Waals surface area contributed by atoms with Gasteiger partial charge in [0.15, 0.2) is 0 Å². The van der Waals surface area contributed by atoms with E-state index in [9.17, 15) is 18.7 Å². The van der Waals surface area contributed by atoms with E-state index >= 15 is 0 Å². The zero-order valence-electron chi connectivity index (χ0n) is 29.2. The van der Waals surface area contributed by atoms with Crippen LogP contribution in [0.15, 0.2) is 87.5 Å². The number of ether oxygens (including phenoxy) is 2. The number of aliphatic hydroxyl groups excluding tert-OH is 1. The maximum atomic E-state index is 14.9. The molecule has 4 unspecified atom stereocenters. The number of piperazine rings is 1. The molecule has 6 rings (SSSR count). The van der Waals surface area contributed by atoms with Crippen LogP contribution in [0.3, 0.4) is 0 Å². The molecule has 12 nitrogen and oxygen atoms in total. The van der Waals surface area contributed by atoms with Gasteiger partial charge >= 0.3 is 5.69 Å². The molecule has 0 radical (unpaired) electrons. The number of nitrogens with zero attached hydrogens (tertiary/aromatic N) is 7. The third-order valence-electron chi connectivity index (χ3n) is 9.81. The Hall–Kier alpha value is -4.66. The Morgan fingerprint density at radius 3 is 2.47 bits per heavy atom. The lowest BCUT2D eigenvalue weighted by Crippen LogP contribution is -2.46. The normalized spacial score (nSPS) is 23.9. The van der Waals surface area contributed by atoms with Gasteiger partial charge in [-0.2, -0.15) is 5.10 Å². The first-order chi connectivity index (χ1) is 24.6. The summed E-state index contributed by atoms with van der Waals surface area (Å²) in [5.74, 6) is -1.30. The lowest BCUT2D eigenvalue weighted by atomic mass is 9.89. The molecular formula is C37H46F2N8O4. The van der Waals surface area contributed by atoms with Crippen molar-refractivity contribution in [3.05, 3.63) is 100 Å². The zero-order valence-corrected chi connectivity index (χ0v) is 29.2. The van der Waals surface area contributed by atoms with Crippen molar-refractivity contribution >= 4 is 18.4 Å². The summed E-state index contributed by atoms with van der Waals surface area (Å²) in [6.45, 7) is 9.32. The van der Waals surface area contributed by atoms with Gasteiger partial charge in [0.2, 0.25) is 0 Å². The van der Waals surface area contributed by atoms with E-state index in [0.717, 1.165) is 55.7 Å². The third kappa shape index (κ3) is 7.97. The van der Waals surface area contributed by atoms with Gasteiger partial charge in [0, 0.05) is 55.6 Å². The summed E-state index contributed by atoms with van der Waals surface area (Å²) in [5.41, 5.74) is 7.10. The van der Waals surface area contributed by atoms with E-state index in [0.29, 0.717) is 12.8 Å². The number of aliphatic hydroxyl groups is 1. The van der Waals surface area contributed by atoms with Crippen LogP contribution in [0, 0.1) is 17.6 Å². The van der Waals surface area contributed by atoms with Gasteiger partial charge < -0.3 is 30.1 Å². The van der Waals surface area contributed by atoms with Crippen LogP contribution in [0.5, 0.6) is 0 Å². The van der Waals surface area contributed by atoms with Gasteiger partial charge in [0.05, 0.1) is 49.5 Å². The molecule has 2 aromatic carbocycles. The van der Waals surface area contributed by atoms with Crippen LogP contribution in [-0.2, 0) is 15.1 Å². The molecule has 0 saturated carbocycles. The van der Waals surface area contributed by atoms with E-state index in [4.69, 9.17) is 15.2 Å². The first-order valence-electron chi connectivity index (χ1n) is 17.4. The maximum absolute atomic E-state index is 14.9. The van der Waals surface area contributed by atoms with Crippen LogP contribution in [0.25, 0.3) is 5.69 Å². The minimum atomic E-state index is -1.11. The second-order valence-electron chi connectivity index (χ2n) is 13.6. The van der Waals surface area contributed by atoms with Gasteiger partial charge in [-0.15, -0.1) is 0 Å². The largest absolute Gasteiger partial charge is 0.391 e. The van der Waals surface area contributed by atoms with Crippen LogP contribution in [-0.4, -0.2) is 94.7 Å². The van der Waals surface area contributed by atoms with E-state index in [1.165, 1.54) is 34.0 Å². The fourth-order valence-electron chi connectivity index (χ4n) is 7.30. The Balaban J connectivity index is 1.02. The first-order valence-corrected chi connectivity index (χ1v) is 17.4. The smallest absolute Gasteiger partial charge is 0.350 e. The van der Waals surface area contributed by atoms with Crippen molar-refractivity contribution in [2.75, 3.05) is 44.2 Å². The Morgan fingerprint density at radius 1 is 1.10 bits per heavy atom. The molecule has 3 N–H and O–H groups in total. The van der Waals surface area contributed by atoms with E-state index in [1.54, 1.807) is 6.92 Å². The Kier molecular flexibility index (Phi) is 11.1. The number of aromatic nitrogens is 3. The summed E-state index contributed by atoms with van der Waals surface area (Å²) in [4.78, 5) is 25.9. The number of hydrogen-bond acceptors (Lipinski definition) is 8. The molecule has 0 spiro atoms. The maximum Gasteiger partial charge on any atom is 0.350 e. The van der Waals surface area contributed by atoms with Crippen molar-refractivity contribution in [2.45, 2.75) is 63.6 Å². The number of rotatable bonds is 12. The Labute approximate surface area is 296 Å². The van der Waals surface area contributed by atoms with Crippen LogP contribution < -0.4 is 16.3 Å². The van der Waals surface area contributed by atoms with Crippen molar-refractivity contribution in [2.24, 2.45) is 21.6 Å². The molecular weight excluding hydrogens is 658 g/mol. The second-order valence-corrected chi connectivity index (χ2v) is 13.6. The fourth-order valence-corrected chi connectivity index (χ4v) is 7.30. The lowest BCUT2D eigenvalue weighted by Gasteiger charge is -2.38. The van der Waals surface area contributed by atoms with Crippen LogP contribution in [0.1, 0.15) is 45.2 Å². The highest BCUT2D eigenvalue weighted by Crippen LogP contribution is 2.40. The molecule has 5 atom stereocenters. The van der Waals surface area contributed by atoms with Gasteiger partial charge in [-0.3, -0.25) is 4.99 Å². The molecule has 1 aromatic heterocycles. The monoisotopic (exact) mass is 704 g/mol.